The second-order valence-corrected chi connectivity index (χ2v) is 5.40. The predicted molar refractivity (Wildman–Crippen MR) is 66.0 cm³/mol. The van der Waals surface area contributed by atoms with E-state index in [1.54, 1.807) is 0 Å². The molecule has 0 unspecified atom stereocenters. The van der Waals surface area contributed by atoms with Gasteiger partial charge in [0.25, 0.3) is 0 Å². The molecule has 1 aromatic heterocycles. The number of benzene rings is 1. The van der Waals surface area contributed by atoms with Crippen molar-refractivity contribution in [1.29, 1.82) is 0 Å². The minimum atomic E-state index is 0.602. The number of nitrogens with zero attached hydrogens (tertiary/aromatic N) is 1. The quantitative estimate of drug-likeness (QED) is 0.756. The molecule has 0 amide bonds. The third-order valence-electron chi connectivity index (χ3n) is 2.95. The lowest BCUT2D eigenvalue weighted by Gasteiger charge is -1.96. The van der Waals surface area contributed by atoms with Gasteiger partial charge in [0.1, 0.15) is 6.29 Å². The average molecular weight is 231 g/mol. The molecule has 16 heavy (non-hydrogen) atoms. The number of aryl methyl sites for hydroxylation is 1. The first-order valence-electron chi connectivity index (χ1n) is 5.70. The van der Waals surface area contributed by atoms with Crippen LogP contribution >= 0.6 is 11.3 Å². The van der Waals surface area contributed by atoms with Gasteiger partial charge in [-0.05, 0) is 37.0 Å². The van der Waals surface area contributed by atoms with E-state index in [2.05, 4.69) is 23.2 Å². The molecule has 82 valence electrons. The highest BCUT2D eigenvalue weighted by molar-refractivity contribution is 7.18. The first kappa shape index (κ1) is 9.97. The van der Waals surface area contributed by atoms with E-state index < -0.39 is 0 Å². The van der Waals surface area contributed by atoms with E-state index in [1.165, 1.54) is 28.1 Å². The molecule has 0 spiro atoms. The van der Waals surface area contributed by atoms with Crippen LogP contribution in [0.2, 0.25) is 0 Å². The summed E-state index contributed by atoms with van der Waals surface area (Å²) in [4.78, 5) is 15.0. The Labute approximate surface area is 98.3 Å². The summed E-state index contributed by atoms with van der Waals surface area (Å²) in [5.41, 5.74) is 2.32. The number of hydrogen-bond donors (Lipinski definition) is 0. The van der Waals surface area contributed by atoms with Gasteiger partial charge in [-0.1, -0.05) is 6.07 Å². The van der Waals surface area contributed by atoms with Crippen LogP contribution in [0, 0.1) is 0 Å². The SMILES string of the molecule is O=CCCc1ccc2sc(C3CC3)nc2c1. The summed E-state index contributed by atoms with van der Waals surface area (Å²) in [6.07, 6.45) is 5.01. The lowest BCUT2D eigenvalue weighted by atomic mass is 10.1. The highest BCUT2D eigenvalue weighted by Gasteiger charge is 2.26. The molecule has 1 aromatic carbocycles. The molecule has 0 atom stereocenters. The van der Waals surface area contributed by atoms with Crippen molar-refractivity contribution in [3.63, 3.8) is 0 Å². The van der Waals surface area contributed by atoms with Gasteiger partial charge in [0.05, 0.1) is 15.2 Å². The minimum Gasteiger partial charge on any atom is -0.303 e. The molecule has 1 aliphatic carbocycles. The van der Waals surface area contributed by atoms with Crippen molar-refractivity contribution in [1.82, 2.24) is 4.98 Å². The van der Waals surface area contributed by atoms with Crippen molar-refractivity contribution < 1.29 is 4.79 Å². The zero-order valence-corrected chi connectivity index (χ0v) is 9.80. The Morgan fingerprint density at radius 3 is 3.06 bits per heavy atom. The molecule has 0 saturated heterocycles. The van der Waals surface area contributed by atoms with Crippen molar-refractivity contribution >= 4 is 27.8 Å². The lowest BCUT2D eigenvalue weighted by molar-refractivity contribution is -0.107. The van der Waals surface area contributed by atoms with E-state index in [9.17, 15) is 4.79 Å². The molecule has 2 nitrogen and oxygen atoms in total. The van der Waals surface area contributed by atoms with Crippen LogP contribution in [0.3, 0.4) is 0 Å². The molecule has 0 aliphatic heterocycles. The molecule has 0 bridgehead atoms. The second-order valence-electron chi connectivity index (χ2n) is 4.33. The first-order valence-corrected chi connectivity index (χ1v) is 6.51. The number of fused-ring (bicyclic) bond motifs is 1. The summed E-state index contributed by atoms with van der Waals surface area (Å²) < 4.78 is 1.27. The molecular weight excluding hydrogens is 218 g/mol. The highest BCUT2D eigenvalue weighted by Crippen LogP contribution is 2.43. The largest absolute Gasteiger partial charge is 0.303 e. The van der Waals surface area contributed by atoms with Crippen LogP contribution in [0.5, 0.6) is 0 Å². The van der Waals surface area contributed by atoms with Crippen LogP contribution in [-0.2, 0) is 11.2 Å². The number of rotatable bonds is 4. The minimum absolute atomic E-state index is 0.602. The number of aromatic nitrogens is 1. The van der Waals surface area contributed by atoms with E-state index in [4.69, 9.17) is 0 Å². The Morgan fingerprint density at radius 2 is 2.31 bits per heavy atom. The van der Waals surface area contributed by atoms with Gasteiger partial charge >= 0.3 is 0 Å². The summed E-state index contributed by atoms with van der Waals surface area (Å²) in [7, 11) is 0. The van der Waals surface area contributed by atoms with Crippen molar-refractivity contribution in [3.05, 3.63) is 28.8 Å². The molecule has 1 heterocycles. The van der Waals surface area contributed by atoms with Crippen LogP contribution < -0.4 is 0 Å². The highest BCUT2D eigenvalue weighted by atomic mass is 32.1. The van der Waals surface area contributed by atoms with Crippen molar-refractivity contribution in [2.24, 2.45) is 0 Å². The van der Waals surface area contributed by atoms with Gasteiger partial charge < -0.3 is 4.79 Å². The van der Waals surface area contributed by atoms with Crippen LogP contribution in [0.4, 0.5) is 0 Å². The Balaban J connectivity index is 1.93. The molecule has 1 saturated carbocycles. The topological polar surface area (TPSA) is 30.0 Å². The number of carbonyl (C=O) groups is 1. The molecule has 3 heteroatoms. The summed E-state index contributed by atoms with van der Waals surface area (Å²) >= 11 is 1.82. The standard InChI is InChI=1S/C13H13NOS/c15-7-1-2-9-3-6-12-11(8-9)14-13(16-12)10-4-5-10/h3,6-8,10H,1-2,4-5H2. The number of thiazole rings is 1. The van der Waals surface area contributed by atoms with Gasteiger partial charge in [0.15, 0.2) is 0 Å². The van der Waals surface area contributed by atoms with E-state index in [1.807, 2.05) is 11.3 Å². The van der Waals surface area contributed by atoms with Gasteiger partial charge in [0, 0.05) is 12.3 Å². The Bertz CT molecular complexity index is 528. The van der Waals surface area contributed by atoms with Gasteiger partial charge in [0.2, 0.25) is 0 Å². The maximum atomic E-state index is 10.3. The summed E-state index contributed by atoms with van der Waals surface area (Å²) in [5.74, 6) is 0.732. The maximum absolute atomic E-state index is 10.3. The van der Waals surface area contributed by atoms with Gasteiger partial charge in [-0.3, -0.25) is 0 Å². The van der Waals surface area contributed by atoms with Crippen molar-refractivity contribution in [2.75, 3.05) is 0 Å². The lowest BCUT2D eigenvalue weighted by Crippen LogP contribution is -1.85. The zero-order chi connectivity index (χ0) is 11.0. The zero-order valence-electron chi connectivity index (χ0n) is 8.98. The average Bonchev–Trinajstić information content (AvgIpc) is 3.06. The third-order valence-corrected chi connectivity index (χ3v) is 4.14. The Hall–Kier alpha value is -1.22. The van der Waals surface area contributed by atoms with E-state index in [0.29, 0.717) is 6.42 Å². The van der Waals surface area contributed by atoms with Gasteiger partial charge in [-0.15, -0.1) is 11.3 Å². The molecular formula is C13H13NOS. The molecule has 2 aromatic rings. The molecule has 0 N–H and O–H groups in total. The fourth-order valence-corrected chi connectivity index (χ4v) is 2.99. The first-order chi connectivity index (χ1) is 7.86. The third kappa shape index (κ3) is 1.87. The fourth-order valence-electron chi connectivity index (χ4n) is 1.88. The van der Waals surface area contributed by atoms with Crippen molar-refractivity contribution in [3.8, 4) is 0 Å². The van der Waals surface area contributed by atoms with Crippen LogP contribution in [0.15, 0.2) is 18.2 Å². The van der Waals surface area contributed by atoms with E-state index in [0.717, 1.165) is 24.1 Å². The predicted octanol–water partition coefficient (Wildman–Crippen LogP) is 3.31. The van der Waals surface area contributed by atoms with Crippen LogP contribution in [0.25, 0.3) is 10.2 Å². The van der Waals surface area contributed by atoms with E-state index in [-0.39, 0.29) is 0 Å². The Morgan fingerprint density at radius 1 is 1.44 bits per heavy atom. The molecule has 1 fully saturated rings. The smallest absolute Gasteiger partial charge is 0.120 e. The molecule has 0 radical (unpaired) electrons. The molecule has 3 rings (SSSR count). The number of aldehydes is 1. The van der Waals surface area contributed by atoms with Gasteiger partial charge in [-0.25, -0.2) is 4.98 Å². The monoisotopic (exact) mass is 231 g/mol. The van der Waals surface area contributed by atoms with Crippen LogP contribution in [-0.4, -0.2) is 11.3 Å². The van der Waals surface area contributed by atoms with Crippen LogP contribution in [0.1, 0.15) is 35.8 Å². The fraction of sp³-hybridized carbons (Fsp3) is 0.385. The normalized spacial score (nSPS) is 15.5. The van der Waals surface area contributed by atoms with Crippen molar-refractivity contribution in [2.45, 2.75) is 31.6 Å². The van der Waals surface area contributed by atoms with Gasteiger partial charge in [-0.2, -0.15) is 0 Å². The summed E-state index contributed by atoms with van der Waals surface area (Å²) in [6, 6.07) is 6.38. The molecule has 1 aliphatic rings. The number of carbonyl (C=O) groups excluding carboxylic acids is 1. The summed E-state index contributed by atoms with van der Waals surface area (Å²) in [5, 5.41) is 1.29. The second kappa shape index (κ2) is 3.98. The summed E-state index contributed by atoms with van der Waals surface area (Å²) in [6.45, 7) is 0. The Kier molecular flexibility index (Phi) is 2.48. The van der Waals surface area contributed by atoms with E-state index >= 15 is 0 Å². The number of hydrogen-bond acceptors (Lipinski definition) is 3. The maximum Gasteiger partial charge on any atom is 0.120 e.